The molecule has 0 atom stereocenters. The molecule has 0 radical (unpaired) electrons. The lowest BCUT2D eigenvalue weighted by molar-refractivity contribution is -0.125. The van der Waals surface area contributed by atoms with Crippen molar-refractivity contribution in [1.82, 2.24) is 10.5 Å². The summed E-state index contributed by atoms with van der Waals surface area (Å²) in [5.74, 6) is 0.973. The average Bonchev–Trinajstić information content (AvgIpc) is 2.63. The molecule has 0 bridgehead atoms. The topological polar surface area (TPSA) is 55.1 Å². The van der Waals surface area contributed by atoms with Crippen LogP contribution in [-0.4, -0.2) is 11.1 Å². The van der Waals surface area contributed by atoms with Crippen LogP contribution in [0.15, 0.2) is 10.6 Å². The zero-order chi connectivity index (χ0) is 11.3. The van der Waals surface area contributed by atoms with Crippen molar-refractivity contribution < 1.29 is 9.32 Å². The largest absolute Gasteiger partial charge is 0.361 e. The Morgan fingerprint density at radius 2 is 2.20 bits per heavy atom. The van der Waals surface area contributed by atoms with Gasteiger partial charge in [-0.05, 0) is 19.8 Å². The van der Waals surface area contributed by atoms with E-state index >= 15 is 0 Å². The molecule has 0 saturated carbocycles. The highest BCUT2D eigenvalue weighted by Gasteiger charge is 2.13. The molecule has 4 nitrogen and oxygen atoms in total. The monoisotopic (exact) mass is 210 g/mol. The number of carbonyl (C=O) groups is 1. The summed E-state index contributed by atoms with van der Waals surface area (Å²) in [6.07, 6.45) is 1.75. The zero-order valence-corrected chi connectivity index (χ0v) is 9.54. The highest BCUT2D eigenvalue weighted by molar-refractivity contribution is 5.78. The van der Waals surface area contributed by atoms with Crippen molar-refractivity contribution in [2.24, 2.45) is 5.92 Å². The van der Waals surface area contributed by atoms with Gasteiger partial charge in [-0.25, -0.2) is 0 Å². The van der Waals surface area contributed by atoms with E-state index in [1.54, 1.807) is 0 Å². The Labute approximate surface area is 90.0 Å². The molecule has 0 saturated heterocycles. The van der Waals surface area contributed by atoms with Gasteiger partial charge in [0, 0.05) is 12.0 Å². The van der Waals surface area contributed by atoms with Crippen molar-refractivity contribution in [2.75, 3.05) is 0 Å². The molecule has 0 aliphatic carbocycles. The summed E-state index contributed by atoms with van der Waals surface area (Å²) in [4.78, 5) is 11.6. The molecule has 1 rings (SSSR count). The maximum atomic E-state index is 11.6. The number of rotatable bonds is 5. The quantitative estimate of drug-likeness (QED) is 0.809. The van der Waals surface area contributed by atoms with Crippen LogP contribution in [0.5, 0.6) is 0 Å². The Morgan fingerprint density at radius 1 is 1.53 bits per heavy atom. The third-order valence-electron chi connectivity index (χ3n) is 2.48. The van der Waals surface area contributed by atoms with Gasteiger partial charge in [-0.1, -0.05) is 19.0 Å². The Morgan fingerprint density at radius 3 is 2.67 bits per heavy atom. The van der Waals surface area contributed by atoms with Crippen molar-refractivity contribution in [3.05, 3.63) is 17.5 Å². The summed E-state index contributed by atoms with van der Waals surface area (Å²) in [6.45, 7) is 6.33. The molecule has 0 spiro atoms. The van der Waals surface area contributed by atoms with Crippen LogP contribution in [-0.2, 0) is 11.3 Å². The molecule has 1 N–H and O–H groups in total. The van der Waals surface area contributed by atoms with E-state index in [0.29, 0.717) is 6.54 Å². The van der Waals surface area contributed by atoms with Crippen LogP contribution in [0.2, 0.25) is 0 Å². The van der Waals surface area contributed by atoms with Gasteiger partial charge in [0.1, 0.15) is 11.5 Å². The molecule has 1 aromatic rings. The smallest absolute Gasteiger partial charge is 0.223 e. The lowest BCUT2D eigenvalue weighted by atomic mass is 10.0. The standard InChI is InChI=1S/C11H18N2O2/c1-4-9(5-2)11(14)12-7-10-6-8(3)15-13-10/h6,9H,4-5,7H2,1-3H3,(H,12,14). The van der Waals surface area contributed by atoms with Gasteiger partial charge in [-0.2, -0.15) is 0 Å². The first kappa shape index (κ1) is 11.8. The van der Waals surface area contributed by atoms with Crippen molar-refractivity contribution in [1.29, 1.82) is 0 Å². The fraction of sp³-hybridized carbons (Fsp3) is 0.636. The van der Waals surface area contributed by atoms with Crippen LogP contribution >= 0.6 is 0 Å². The number of amides is 1. The Bertz CT molecular complexity index is 316. The van der Waals surface area contributed by atoms with Crippen LogP contribution in [0, 0.1) is 12.8 Å². The molecule has 0 fully saturated rings. The Balaban J connectivity index is 2.40. The molecular formula is C11H18N2O2. The highest BCUT2D eigenvalue weighted by Crippen LogP contribution is 2.08. The van der Waals surface area contributed by atoms with E-state index in [-0.39, 0.29) is 11.8 Å². The summed E-state index contributed by atoms with van der Waals surface area (Å²) < 4.78 is 4.91. The SMILES string of the molecule is CCC(CC)C(=O)NCc1cc(C)on1. The minimum Gasteiger partial charge on any atom is -0.361 e. The normalized spacial score (nSPS) is 10.7. The van der Waals surface area contributed by atoms with Gasteiger partial charge >= 0.3 is 0 Å². The average molecular weight is 210 g/mol. The predicted octanol–water partition coefficient (Wildman–Crippen LogP) is 2.04. The molecule has 0 aromatic carbocycles. The van der Waals surface area contributed by atoms with Crippen LogP contribution in [0.4, 0.5) is 0 Å². The summed E-state index contributed by atoms with van der Waals surface area (Å²) in [7, 11) is 0. The van der Waals surface area contributed by atoms with Crippen molar-refractivity contribution in [3.63, 3.8) is 0 Å². The van der Waals surface area contributed by atoms with Crippen LogP contribution in [0.3, 0.4) is 0 Å². The maximum absolute atomic E-state index is 11.6. The summed E-state index contributed by atoms with van der Waals surface area (Å²) >= 11 is 0. The van der Waals surface area contributed by atoms with Gasteiger partial charge in [0.25, 0.3) is 0 Å². The highest BCUT2D eigenvalue weighted by atomic mass is 16.5. The number of nitrogens with one attached hydrogen (secondary N) is 1. The van der Waals surface area contributed by atoms with Crippen molar-refractivity contribution in [3.8, 4) is 0 Å². The number of hydrogen-bond donors (Lipinski definition) is 1. The third kappa shape index (κ3) is 3.38. The van der Waals surface area contributed by atoms with Gasteiger partial charge in [0.2, 0.25) is 5.91 Å². The number of carbonyl (C=O) groups excluding carboxylic acids is 1. The molecule has 1 aromatic heterocycles. The third-order valence-corrected chi connectivity index (χ3v) is 2.48. The van der Waals surface area contributed by atoms with E-state index in [1.807, 2.05) is 26.8 Å². The number of aryl methyl sites for hydroxylation is 1. The van der Waals surface area contributed by atoms with Crippen molar-refractivity contribution >= 4 is 5.91 Å². The Kier molecular flexibility index (Phi) is 4.34. The summed E-state index contributed by atoms with van der Waals surface area (Å²) in [5, 5.41) is 6.66. The van der Waals surface area contributed by atoms with Gasteiger partial charge in [0.05, 0.1) is 6.54 Å². The van der Waals surface area contributed by atoms with E-state index < -0.39 is 0 Å². The molecule has 4 heteroatoms. The lowest BCUT2D eigenvalue weighted by Crippen LogP contribution is -2.29. The zero-order valence-electron chi connectivity index (χ0n) is 9.54. The molecule has 1 amide bonds. The molecule has 15 heavy (non-hydrogen) atoms. The lowest BCUT2D eigenvalue weighted by Gasteiger charge is -2.11. The van der Waals surface area contributed by atoms with Crippen LogP contribution in [0.25, 0.3) is 0 Å². The first-order valence-electron chi connectivity index (χ1n) is 5.37. The minimum absolute atomic E-state index is 0.0978. The van der Waals surface area contributed by atoms with Gasteiger partial charge in [-0.3, -0.25) is 4.79 Å². The molecule has 1 heterocycles. The molecule has 0 aliphatic rings. The molecular weight excluding hydrogens is 192 g/mol. The minimum atomic E-state index is 0.0978. The summed E-state index contributed by atoms with van der Waals surface area (Å²) in [5.41, 5.74) is 0.770. The van der Waals surface area contributed by atoms with E-state index in [9.17, 15) is 4.79 Å². The fourth-order valence-electron chi connectivity index (χ4n) is 1.48. The van der Waals surface area contributed by atoms with E-state index in [2.05, 4.69) is 10.5 Å². The molecule has 0 unspecified atom stereocenters. The second-order valence-corrected chi connectivity index (χ2v) is 3.66. The van der Waals surface area contributed by atoms with Crippen LogP contribution < -0.4 is 5.32 Å². The van der Waals surface area contributed by atoms with E-state index in [1.165, 1.54) is 0 Å². The molecule has 0 aliphatic heterocycles. The first-order chi connectivity index (χ1) is 7.17. The molecule has 84 valence electrons. The van der Waals surface area contributed by atoms with E-state index in [4.69, 9.17) is 4.52 Å². The number of nitrogens with zero attached hydrogens (tertiary/aromatic N) is 1. The second kappa shape index (κ2) is 5.53. The van der Waals surface area contributed by atoms with Crippen molar-refractivity contribution in [2.45, 2.75) is 40.2 Å². The predicted molar refractivity (Wildman–Crippen MR) is 57.2 cm³/mol. The number of aromatic nitrogens is 1. The van der Waals surface area contributed by atoms with E-state index in [0.717, 1.165) is 24.3 Å². The van der Waals surface area contributed by atoms with Gasteiger partial charge < -0.3 is 9.84 Å². The maximum Gasteiger partial charge on any atom is 0.223 e. The summed E-state index contributed by atoms with van der Waals surface area (Å²) in [6, 6.07) is 1.83. The van der Waals surface area contributed by atoms with Gasteiger partial charge in [0.15, 0.2) is 0 Å². The Hall–Kier alpha value is -1.32. The van der Waals surface area contributed by atoms with Gasteiger partial charge in [-0.15, -0.1) is 0 Å². The fourth-order valence-corrected chi connectivity index (χ4v) is 1.48. The van der Waals surface area contributed by atoms with Crippen LogP contribution in [0.1, 0.15) is 38.1 Å². The first-order valence-corrected chi connectivity index (χ1v) is 5.37. The second-order valence-electron chi connectivity index (χ2n) is 3.66. The number of hydrogen-bond acceptors (Lipinski definition) is 3.